The molecule has 1 fully saturated rings. The Morgan fingerprint density at radius 1 is 1.24 bits per heavy atom. The lowest BCUT2D eigenvalue weighted by Gasteiger charge is -2.36. The van der Waals surface area contributed by atoms with E-state index in [0.29, 0.717) is 53.6 Å². The SMILES string of the molecule is COCCCn1c(=O)c2ccccc2n2c(SCC(=O)OC3CC(C)CCC3C(C)C)nnc12. The first-order valence-corrected chi connectivity index (χ1v) is 13.1. The fourth-order valence-corrected chi connectivity index (χ4v) is 5.69. The van der Waals surface area contributed by atoms with Crippen molar-refractivity contribution in [3.8, 4) is 0 Å². The highest BCUT2D eigenvalue weighted by molar-refractivity contribution is 7.99. The van der Waals surface area contributed by atoms with Crippen molar-refractivity contribution >= 4 is 34.4 Å². The van der Waals surface area contributed by atoms with Crippen LogP contribution in [0.15, 0.2) is 34.2 Å². The van der Waals surface area contributed by atoms with Crippen LogP contribution in [0.3, 0.4) is 0 Å². The number of aromatic nitrogens is 4. The molecule has 3 unspecified atom stereocenters. The number of benzene rings is 1. The molecule has 0 amide bonds. The standard InChI is InChI=1S/C25H34N4O4S/c1-16(2)18-11-10-17(3)14-21(18)33-22(30)15-34-25-27-26-24-28(12-7-13-32-4)23(31)19-8-5-6-9-20(19)29(24)25/h5-6,8-9,16-18,21H,7,10-15H2,1-4H3. The molecule has 0 bridgehead atoms. The molecule has 0 N–H and O–H groups in total. The van der Waals surface area contributed by atoms with E-state index < -0.39 is 0 Å². The third kappa shape index (κ3) is 5.15. The van der Waals surface area contributed by atoms with Gasteiger partial charge in [-0.05, 0) is 49.1 Å². The van der Waals surface area contributed by atoms with E-state index in [1.165, 1.54) is 18.2 Å². The summed E-state index contributed by atoms with van der Waals surface area (Å²) in [6.07, 6.45) is 3.87. The van der Waals surface area contributed by atoms with Crippen molar-refractivity contribution in [2.45, 2.75) is 64.3 Å². The summed E-state index contributed by atoms with van der Waals surface area (Å²) in [7, 11) is 1.64. The molecule has 2 heterocycles. The van der Waals surface area contributed by atoms with Gasteiger partial charge in [0.15, 0.2) is 5.16 Å². The number of nitrogens with zero attached hydrogens (tertiary/aromatic N) is 4. The maximum atomic E-state index is 13.1. The first-order valence-electron chi connectivity index (χ1n) is 12.1. The Bertz CT molecular complexity index is 1200. The van der Waals surface area contributed by atoms with Gasteiger partial charge < -0.3 is 9.47 Å². The summed E-state index contributed by atoms with van der Waals surface area (Å²) in [6, 6.07) is 7.42. The largest absolute Gasteiger partial charge is 0.461 e. The summed E-state index contributed by atoms with van der Waals surface area (Å²) in [4.78, 5) is 25.9. The molecule has 3 atom stereocenters. The van der Waals surface area contributed by atoms with Crippen LogP contribution in [0.5, 0.6) is 0 Å². The van der Waals surface area contributed by atoms with Crippen LogP contribution in [0.2, 0.25) is 0 Å². The number of esters is 1. The Morgan fingerprint density at radius 3 is 2.79 bits per heavy atom. The molecule has 0 spiro atoms. The molecule has 3 aromatic rings. The summed E-state index contributed by atoms with van der Waals surface area (Å²) in [5.74, 6) is 1.85. The zero-order valence-corrected chi connectivity index (χ0v) is 21.2. The molecule has 184 valence electrons. The van der Waals surface area contributed by atoms with Crippen LogP contribution in [0.1, 0.15) is 46.5 Å². The zero-order chi connectivity index (χ0) is 24.2. The molecule has 9 heteroatoms. The number of aryl methyl sites for hydroxylation is 1. The highest BCUT2D eigenvalue weighted by Crippen LogP contribution is 2.35. The molecule has 34 heavy (non-hydrogen) atoms. The fourth-order valence-electron chi connectivity index (χ4n) is 4.97. The lowest BCUT2D eigenvalue weighted by atomic mass is 9.75. The predicted octanol–water partition coefficient (Wildman–Crippen LogP) is 4.18. The average molecular weight is 487 g/mol. The molecule has 0 aliphatic heterocycles. The smallest absolute Gasteiger partial charge is 0.316 e. The second-order valence-corrected chi connectivity index (χ2v) is 10.5. The number of hydrogen-bond donors (Lipinski definition) is 0. The van der Waals surface area contributed by atoms with E-state index in [0.717, 1.165) is 18.4 Å². The number of carbonyl (C=O) groups is 1. The molecule has 8 nitrogen and oxygen atoms in total. The van der Waals surface area contributed by atoms with Crippen LogP contribution in [0.4, 0.5) is 0 Å². The summed E-state index contributed by atoms with van der Waals surface area (Å²) in [5.41, 5.74) is 0.626. The number of methoxy groups -OCH3 is 1. The minimum absolute atomic E-state index is 0.0289. The molecule has 2 aromatic heterocycles. The zero-order valence-electron chi connectivity index (χ0n) is 20.4. The van der Waals surface area contributed by atoms with Gasteiger partial charge in [0, 0.05) is 20.3 Å². The molecular formula is C25H34N4O4S. The van der Waals surface area contributed by atoms with E-state index in [-0.39, 0.29) is 23.4 Å². The summed E-state index contributed by atoms with van der Waals surface area (Å²) >= 11 is 1.30. The van der Waals surface area contributed by atoms with Crippen LogP contribution in [-0.4, -0.2) is 50.7 Å². The van der Waals surface area contributed by atoms with Crippen molar-refractivity contribution in [1.82, 2.24) is 19.2 Å². The maximum absolute atomic E-state index is 13.1. The molecule has 1 saturated carbocycles. The minimum atomic E-state index is -0.232. The van der Waals surface area contributed by atoms with E-state index >= 15 is 0 Å². The minimum Gasteiger partial charge on any atom is -0.461 e. The van der Waals surface area contributed by atoms with Gasteiger partial charge in [-0.25, -0.2) is 0 Å². The van der Waals surface area contributed by atoms with Crippen molar-refractivity contribution in [2.24, 2.45) is 17.8 Å². The van der Waals surface area contributed by atoms with E-state index in [2.05, 4.69) is 31.0 Å². The van der Waals surface area contributed by atoms with Gasteiger partial charge in [0.1, 0.15) is 6.10 Å². The van der Waals surface area contributed by atoms with E-state index in [4.69, 9.17) is 9.47 Å². The third-order valence-corrected chi connectivity index (χ3v) is 7.67. The van der Waals surface area contributed by atoms with Gasteiger partial charge in [-0.3, -0.25) is 18.6 Å². The highest BCUT2D eigenvalue weighted by Gasteiger charge is 2.33. The van der Waals surface area contributed by atoms with Crippen LogP contribution in [0.25, 0.3) is 16.7 Å². The number of ether oxygens (including phenoxy) is 2. The average Bonchev–Trinajstić information content (AvgIpc) is 3.24. The number of rotatable bonds is 9. The molecule has 0 saturated heterocycles. The second-order valence-electron chi connectivity index (χ2n) is 9.58. The van der Waals surface area contributed by atoms with Crippen LogP contribution >= 0.6 is 11.8 Å². The van der Waals surface area contributed by atoms with Crippen molar-refractivity contribution in [1.29, 1.82) is 0 Å². The van der Waals surface area contributed by atoms with Crippen molar-refractivity contribution in [2.75, 3.05) is 19.5 Å². The molecule has 1 aliphatic rings. The van der Waals surface area contributed by atoms with Gasteiger partial charge in [-0.15, -0.1) is 10.2 Å². The van der Waals surface area contributed by atoms with Crippen molar-refractivity contribution in [3.05, 3.63) is 34.6 Å². The first-order chi connectivity index (χ1) is 16.4. The third-order valence-electron chi connectivity index (χ3n) is 6.77. The van der Waals surface area contributed by atoms with Crippen LogP contribution < -0.4 is 5.56 Å². The quantitative estimate of drug-likeness (QED) is 0.255. The van der Waals surface area contributed by atoms with Gasteiger partial charge in [0.2, 0.25) is 5.78 Å². The van der Waals surface area contributed by atoms with Crippen molar-refractivity contribution < 1.29 is 14.3 Å². The Hall–Kier alpha value is -2.39. The van der Waals surface area contributed by atoms with Gasteiger partial charge in [0.05, 0.1) is 16.7 Å². The molecule has 1 aliphatic carbocycles. The number of fused-ring (bicyclic) bond motifs is 3. The Balaban J connectivity index is 1.57. The van der Waals surface area contributed by atoms with Gasteiger partial charge in [-0.1, -0.05) is 51.1 Å². The Morgan fingerprint density at radius 2 is 2.03 bits per heavy atom. The number of para-hydroxylation sites is 1. The number of thioether (sulfide) groups is 1. The van der Waals surface area contributed by atoms with Crippen LogP contribution in [-0.2, 0) is 20.8 Å². The summed E-state index contributed by atoms with van der Waals surface area (Å²) in [6.45, 7) is 7.66. The van der Waals surface area contributed by atoms with E-state index in [1.807, 2.05) is 28.7 Å². The lowest BCUT2D eigenvalue weighted by Crippen LogP contribution is -2.36. The molecule has 1 aromatic carbocycles. The summed E-state index contributed by atoms with van der Waals surface area (Å²) in [5, 5.41) is 9.80. The van der Waals surface area contributed by atoms with E-state index in [1.54, 1.807) is 11.7 Å². The molecule has 0 radical (unpaired) electrons. The van der Waals surface area contributed by atoms with E-state index in [9.17, 15) is 9.59 Å². The lowest BCUT2D eigenvalue weighted by molar-refractivity contribution is -0.152. The second kappa shape index (κ2) is 10.9. The normalized spacial score (nSPS) is 20.9. The van der Waals surface area contributed by atoms with Gasteiger partial charge in [-0.2, -0.15) is 0 Å². The number of carbonyl (C=O) groups excluding carboxylic acids is 1. The van der Waals surface area contributed by atoms with Gasteiger partial charge >= 0.3 is 5.97 Å². The number of hydrogen-bond acceptors (Lipinski definition) is 7. The first kappa shape index (κ1) is 24.7. The topological polar surface area (TPSA) is 87.7 Å². The Labute approximate surface area is 204 Å². The van der Waals surface area contributed by atoms with Crippen molar-refractivity contribution in [3.63, 3.8) is 0 Å². The fraction of sp³-hybridized carbons (Fsp3) is 0.600. The summed E-state index contributed by atoms with van der Waals surface area (Å²) < 4.78 is 14.6. The molecule has 4 rings (SSSR count). The maximum Gasteiger partial charge on any atom is 0.316 e. The monoisotopic (exact) mass is 486 g/mol. The Kier molecular flexibility index (Phi) is 7.93. The molecular weight excluding hydrogens is 452 g/mol. The van der Waals surface area contributed by atoms with Gasteiger partial charge in [0.25, 0.3) is 5.56 Å². The van der Waals surface area contributed by atoms with Crippen LogP contribution in [0, 0.1) is 17.8 Å². The highest BCUT2D eigenvalue weighted by atomic mass is 32.2. The predicted molar refractivity (Wildman–Crippen MR) is 133 cm³/mol.